The van der Waals surface area contributed by atoms with Crippen LogP contribution in [-0.4, -0.2) is 103 Å². The Labute approximate surface area is 293 Å². The van der Waals surface area contributed by atoms with Crippen LogP contribution in [0.1, 0.15) is 82.6 Å². The zero-order chi connectivity index (χ0) is 38.1. The lowest BCUT2D eigenvalue weighted by Gasteiger charge is -2.39. The Morgan fingerprint density at radius 1 is 0.918 bits per heavy atom. The van der Waals surface area contributed by atoms with E-state index >= 15 is 0 Å². The molecule has 0 radical (unpaired) electrons. The van der Waals surface area contributed by atoms with Crippen LogP contribution in [0.3, 0.4) is 0 Å². The Morgan fingerprint density at radius 2 is 1.49 bits per heavy atom. The minimum atomic E-state index is -3.68. The van der Waals surface area contributed by atoms with Gasteiger partial charge in [0.25, 0.3) is 5.91 Å². The van der Waals surface area contributed by atoms with Crippen LogP contribution in [0.15, 0.2) is 25.3 Å². The smallest absolute Gasteiger partial charge is 0.315 e. The summed E-state index contributed by atoms with van der Waals surface area (Å²) in [5.74, 6) is -2.88. The molecular weight excluding hydrogens is 648 g/mol. The van der Waals surface area contributed by atoms with Crippen LogP contribution in [0.4, 0.5) is 4.79 Å². The quantitative estimate of drug-likeness (QED) is 0.159. The van der Waals surface area contributed by atoms with Gasteiger partial charge in [0.2, 0.25) is 27.6 Å². The monoisotopic (exact) mass is 708 g/mol. The van der Waals surface area contributed by atoms with E-state index in [2.05, 4.69) is 34.4 Å². The van der Waals surface area contributed by atoms with Crippen LogP contribution >= 0.6 is 0 Å². The van der Waals surface area contributed by atoms with Gasteiger partial charge in [-0.25, -0.2) is 17.5 Å². The molecule has 4 N–H and O–H groups in total. The number of ketones is 1. The number of likely N-dealkylation sites (N-methyl/N-ethyl adjacent to an activating group) is 1. The van der Waals surface area contributed by atoms with Gasteiger partial charge in [0.05, 0.1) is 4.75 Å². The molecule has 2 rings (SSSR count). The summed E-state index contributed by atoms with van der Waals surface area (Å²) in [6, 6.07) is -4.44. The number of Topliss-reactive ketones (excluding diaryl/α,β-unsaturated/α-hetero) is 1. The molecule has 0 aromatic carbocycles. The Kier molecular flexibility index (Phi) is 12.8. The maximum atomic E-state index is 14.4. The first-order chi connectivity index (χ1) is 22.1. The summed E-state index contributed by atoms with van der Waals surface area (Å²) in [5.41, 5.74) is -1.57. The molecule has 0 aromatic heterocycles. The molecule has 1 unspecified atom stereocenters. The fourth-order valence-electron chi connectivity index (χ4n) is 6.38. The van der Waals surface area contributed by atoms with Gasteiger partial charge in [0.1, 0.15) is 18.1 Å². The van der Waals surface area contributed by atoms with Crippen molar-refractivity contribution in [2.75, 3.05) is 26.7 Å². The molecule has 1 aliphatic carbocycles. The van der Waals surface area contributed by atoms with Gasteiger partial charge in [-0.15, -0.1) is 13.2 Å². The lowest BCUT2D eigenvalue weighted by Crippen LogP contribution is -2.63. The molecule has 1 saturated carbocycles. The van der Waals surface area contributed by atoms with E-state index in [0.29, 0.717) is 0 Å². The van der Waals surface area contributed by atoms with E-state index in [1.165, 1.54) is 28.4 Å². The molecule has 5 amide bonds. The first kappa shape index (κ1) is 41.9. The molecule has 0 spiro atoms. The number of carbonyl (C=O) groups is 5. The lowest BCUT2D eigenvalue weighted by molar-refractivity contribution is -0.145. The van der Waals surface area contributed by atoms with E-state index < -0.39 is 79.3 Å². The average molecular weight is 709 g/mol. The summed E-state index contributed by atoms with van der Waals surface area (Å²) in [6.45, 7) is 27.5. The highest BCUT2D eigenvalue weighted by Crippen LogP contribution is 2.65. The van der Waals surface area contributed by atoms with Crippen molar-refractivity contribution >= 4 is 39.6 Å². The van der Waals surface area contributed by atoms with Crippen LogP contribution in [0.25, 0.3) is 0 Å². The van der Waals surface area contributed by atoms with Crippen molar-refractivity contribution in [1.82, 2.24) is 30.5 Å². The molecule has 1 heterocycles. The summed E-state index contributed by atoms with van der Waals surface area (Å²) in [6.07, 6.45) is 2.88. The second kappa shape index (κ2) is 14.9. The number of hydrogen-bond acceptors (Lipinski definition) is 7. The number of amides is 5. The maximum absolute atomic E-state index is 14.4. The van der Waals surface area contributed by atoms with Crippen molar-refractivity contribution in [2.24, 2.45) is 28.1 Å². The molecule has 0 aromatic rings. The number of piperidine rings is 1. The third-order valence-electron chi connectivity index (χ3n) is 9.79. The lowest BCUT2D eigenvalue weighted by atomic mass is 9.85. The van der Waals surface area contributed by atoms with E-state index in [1.54, 1.807) is 41.5 Å². The minimum absolute atomic E-state index is 0.00761. The Morgan fingerprint density at radius 3 is 1.96 bits per heavy atom. The standard InChI is InChI=1S/C35H60N6O7S/c1-15-17-22(26(42)29(44)36-18-16-2)37-28(43)25-24-21(35(24,12)13)19-41(25)30(45)27(33(6,7)8)39-31(46)38-23(32(3,4)5)20-40(14)49(47,48)34(9,10)11/h15-16,21-25,27H,1-2,17-20H2,3-14H3,(H,36,44)(H,37,43)(H2,38,39,46)/t21-,22?,23+,24-,25-,27+/m0/s1. The van der Waals surface area contributed by atoms with Gasteiger partial charge >= 0.3 is 6.03 Å². The van der Waals surface area contributed by atoms with Crippen molar-refractivity contribution in [1.29, 1.82) is 0 Å². The normalized spacial score (nSPS) is 22.2. The van der Waals surface area contributed by atoms with Crippen LogP contribution in [-0.2, 0) is 29.2 Å². The number of sulfonamides is 1. The molecule has 2 aliphatic rings. The number of fused-ring (bicyclic) bond motifs is 1. The van der Waals surface area contributed by atoms with E-state index in [0.717, 1.165) is 0 Å². The zero-order valence-electron chi connectivity index (χ0n) is 31.5. The maximum Gasteiger partial charge on any atom is 0.315 e. The minimum Gasteiger partial charge on any atom is -0.346 e. The van der Waals surface area contributed by atoms with Crippen LogP contribution in [0.2, 0.25) is 0 Å². The topological polar surface area (TPSA) is 174 Å². The highest BCUT2D eigenvalue weighted by atomic mass is 32.2. The molecule has 49 heavy (non-hydrogen) atoms. The predicted octanol–water partition coefficient (Wildman–Crippen LogP) is 2.59. The van der Waals surface area contributed by atoms with Gasteiger partial charge in [-0.1, -0.05) is 67.5 Å². The Hall–Kier alpha value is -3.26. The SMILES string of the molecule is C=CCNC(=O)C(=O)C(CC=C)NC(=O)[C@@H]1[C@@H]2[C@H](CN1C(=O)[C@@H](NC(=O)N[C@H](CN(C)S(=O)(=O)C(C)(C)C)C(C)(C)C)C(C)(C)C)C2(C)C. The van der Waals surface area contributed by atoms with Gasteiger partial charge in [0.15, 0.2) is 0 Å². The molecule has 6 atom stereocenters. The third kappa shape index (κ3) is 9.50. The highest BCUT2D eigenvalue weighted by Gasteiger charge is 2.70. The van der Waals surface area contributed by atoms with Gasteiger partial charge < -0.3 is 26.2 Å². The van der Waals surface area contributed by atoms with Crippen LogP contribution < -0.4 is 21.3 Å². The summed E-state index contributed by atoms with van der Waals surface area (Å²) in [5, 5.41) is 10.9. The van der Waals surface area contributed by atoms with Gasteiger partial charge in [-0.05, 0) is 55.3 Å². The first-order valence-electron chi connectivity index (χ1n) is 16.8. The summed E-state index contributed by atoms with van der Waals surface area (Å²) >= 11 is 0. The number of urea groups is 1. The number of hydrogen-bond donors (Lipinski definition) is 4. The molecule has 14 heteroatoms. The van der Waals surface area contributed by atoms with Crippen molar-refractivity contribution < 1.29 is 32.4 Å². The fourth-order valence-corrected chi connectivity index (χ4v) is 7.66. The second-order valence-corrected chi connectivity index (χ2v) is 19.9. The number of nitrogens with one attached hydrogen (secondary N) is 4. The number of carbonyl (C=O) groups excluding carboxylic acids is 5. The summed E-state index contributed by atoms with van der Waals surface area (Å²) in [7, 11) is -2.20. The van der Waals surface area contributed by atoms with Crippen molar-refractivity contribution in [3.63, 3.8) is 0 Å². The summed E-state index contributed by atoms with van der Waals surface area (Å²) < 4.78 is 26.4. The number of rotatable bonds is 14. The van der Waals surface area contributed by atoms with Gasteiger partial charge in [-0.3, -0.25) is 19.2 Å². The Balaban J connectivity index is 2.35. The first-order valence-corrected chi connectivity index (χ1v) is 18.3. The van der Waals surface area contributed by atoms with E-state index in [1.807, 2.05) is 34.6 Å². The van der Waals surface area contributed by atoms with Crippen molar-refractivity contribution in [2.45, 2.75) is 111 Å². The molecule has 13 nitrogen and oxygen atoms in total. The van der Waals surface area contributed by atoms with Crippen molar-refractivity contribution in [3.05, 3.63) is 25.3 Å². The molecule has 1 aliphatic heterocycles. The molecule has 2 fully saturated rings. The summed E-state index contributed by atoms with van der Waals surface area (Å²) in [4.78, 5) is 68.7. The zero-order valence-corrected chi connectivity index (χ0v) is 32.3. The molecular formula is C35H60N6O7S. The van der Waals surface area contributed by atoms with Gasteiger partial charge in [0, 0.05) is 32.7 Å². The fraction of sp³-hybridized carbons (Fsp3) is 0.743. The predicted molar refractivity (Wildman–Crippen MR) is 191 cm³/mol. The number of likely N-dealkylation sites (tertiary alicyclic amines) is 1. The third-order valence-corrected chi connectivity index (χ3v) is 12.3. The Bertz CT molecular complexity index is 1420. The van der Waals surface area contributed by atoms with Gasteiger partial charge in [-0.2, -0.15) is 0 Å². The molecule has 278 valence electrons. The highest BCUT2D eigenvalue weighted by molar-refractivity contribution is 7.90. The van der Waals surface area contributed by atoms with E-state index in [4.69, 9.17) is 0 Å². The molecule has 1 saturated heterocycles. The van der Waals surface area contributed by atoms with Crippen molar-refractivity contribution in [3.8, 4) is 0 Å². The number of nitrogens with zero attached hydrogens (tertiary/aromatic N) is 2. The second-order valence-electron chi connectivity index (χ2n) is 17.1. The average Bonchev–Trinajstić information content (AvgIpc) is 3.26. The van der Waals surface area contributed by atoms with Crippen LogP contribution in [0.5, 0.6) is 0 Å². The molecule has 0 bridgehead atoms. The van der Waals surface area contributed by atoms with E-state index in [9.17, 15) is 32.4 Å². The van der Waals surface area contributed by atoms with Crippen LogP contribution in [0, 0.1) is 28.1 Å². The van der Waals surface area contributed by atoms with E-state index in [-0.39, 0.29) is 43.3 Å². The largest absolute Gasteiger partial charge is 0.346 e.